The van der Waals surface area contributed by atoms with Crippen molar-refractivity contribution in [2.75, 3.05) is 0 Å². The van der Waals surface area contributed by atoms with Crippen LogP contribution in [0.15, 0.2) is 0 Å². The molecule has 0 bridgehead atoms. The molecule has 2 N–H and O–H groups in total. The zero-order valence-electron chi connectivity index (χ0n) is 9.37. The Morgan fingerprint density at radius 3 is 2.33 bits per heavy atom. The van der Waals surface area contributed by atoms with Gasteiger partial charge in [-0.2, -0.15) is 0 Å². The number of hydrogen-bond acceptors (Lipinski definition) is 2. The van der Waals surface area contributed by atoms with Gasteiger partial charge in [0.25, 0.3) is 0 Å². The molecule has 0 radical (unpaired) electrons. The lowest BCUT2D eigenvalue weighted by molar-refractivity contribution is -0.122. The van der Waals surface area contributed by atoms with Crippen molar-refractivity contribution in [3.8, 4) is 0 Å². The van der Waals surface area contributed by atoms with Crippen molar-refractivity contribution in [1.82, 2.24) is 5.32 Å². The van der Waals surface area contributed by atoms with E-state index in [1.165, 1.54) is 0 Å². The van der Waals surface area contributed by atoms with Crippen LogP contribution < -0.4 is 5.32 Å². The molecular weight excluding hydrogens is 258 g/mol. The second-order valence-corrected chi connectivity index (χ2v) is 5.65. The third-order valence-electron chi connectivity index (χ3n) is 2.88. The molecule has 1 aliphatic carbocycles. The first-order valence-corrected chi connectivity index (χ1v) is 6.54. The number of amides is 1. The Morgan fingerprint density at radius 2 is 1.87 bits per heavy atom. The van der Waals surface area contributed by atoms with Gasteiger partial charge in [0, 0.05) is 6.04 Å². The van der Waals surface area contributed by atoms with Crippen molar-refractivity contribution in [2.24, 2.45) is 5.92 Å². The van der Waals surface area contributed by atoms with E-state index in [0.29, 0.717) is 5.92 Å². The molecule has 15 heavy (non-hydrogen) atoms. The van der Waals surface area contributed by atoms with Crippen LogP contribution >= 0.6 is 15.9 Å². The predicted molar refractivity (Wildman–Crippen MR) is 64.0 cm³/mol. The van der Waals surface area contributed by atoms with Crippen LogP contribution in [-0.4, -0.2) is 28.0 Å². The van der Waals surface area contributed by atoms with Crippen LogP contribution in [0.4, 0.5) is 0 Å². The maximum absolute atomic E-state index is 11.7. The summed E-state index contributed by atoms with van der Waals surface area (Å²) < 4.78 is 0. The molecule has 0 aliphatic heterocycles. The van der Waals surface area contributed by atoms with Crippen LogP contribution in [0.2, 0.25) is 0 Å². The minimum Gasteiger partial charge on any atom is -0.393 e. The van der Waals surface area contributed by atoms with E-state index in [9.17, 15) is 9.90 Å². The van der Waals surface area contributed by atoms with Gasteiger partial charge in [0.1, 0.15) is 0 Å². The van der Waals surface area contributed by atoms with E-state index in [-0.39, 0.29) is 22.9 Å². The largest absolute Gasteiger partial charge is 0.393 e. The molecule has 1 rings (SSSR count). The molecule has 1 amide bonds. The van der Waals surface area contributed by atoms with Crippen molar-refractivity contribution in [2.45, 2.75) is 56.5 Å². The van der Waals surface area contributed by atoms with Gasteiger partial charge in [0.05, 0.1) is 10.9 Å². The lowest BCUT2D eigenvalue weighted by atomic mass is 9.93. The van der Waals surface area contributed by atoms with Gasteiger partial charge in [-0.05, 0) is 31.6 Å². The van der Waals surface area contributed by atoms with Crippen LogP contribution in [0.5, 0.6) is 0 Å². The maximum Gasteiger partial charge on any atom is 0.234 e. The van der Waals surface area contributed by atoms with Gasteiger partial charge < -0.3 is 10.4 Å². The van der Waals surface area contributed by atoms with Gasteiger partial charge in [0.15, 0.2) is 0 Å². The summed E-state index contributed by atoms with van der Waals surface area (Å²) in [4.78, 5) is 11.6. The fourth-order valence-electron chi connectivity index (χ4n) is 1.80. The smallest absolute Gasteiger partial charge is 0.234 e. The van der Waals surface area contributed by atoms with Crippen LogP contribution in [0.25, 0.3) is 0 Å². The summed E-state index contributed by atoms with van der Waals surface area (Å²) in [7, 11) is 0. The van der Waals surface area contributed by atoms with Crippen molar-refractivity contribution in [1.29, 1.82) is 0 Å². The van der Waals surface area contributed by atoms with E-state index in [0.717, 1.165) is 25.7 Å². The average molecular weight is 278 g/mol. The number of aliphatic hydroxyl groups excluding tert-OH is 1. The topological polar surface area (TPSA) is 49.3 Å². The van der Waals surface area contributed by atoms with Crippen LogP contribution in [0.3, 0.4) is 0 Å². The molecule has 1 unspecified atom stereocenters. The molecule has 4 heteroatoms. The summed E-state index contributed by atoms with van der Waals surface area (Å²) >= 11 is 3.38. The highest BCUT2D eigenvalue weighted by atomic mass is 79.9. The van der Waals surface area contributed by atoms with Crippen molar-refractivity contribution in [3.05, 3.63) is 0 Å². The molecule has 1 aliphatic rings. The van der Waals surface area contributed by atoms with E-state index in [1.807, 2.05) is 13.8 Å². The molecule has 88 valence electrons. The number of nitrogens with one attached hydrogen (secondary N) is 1. The molecule has 3 nitrogen and oxygen atoms in total. The highest BCUT2D eigenvalue weighted by molar-refractivity contribution is 9.10. The molecular formula is C11H20BrNO2. The number of carbonyl (C=O) groups is 1. The van der Waals surface area contributed by atoms with Gasteiger partial charge >= 0.3 is 0 Å². The Morgan fingerprint density at radius 1 is 1.33 bits per heavy atom. The highest BCUT2D eigenvalue weighted by Gasteiger charge is 2.24. The Balaban J connectivity index is 2.32. The van der Waals surface area contributed by atoms with Crippen LogP contribution in [0.1, 0.15) is 39.5 Å². The van der Waals surface area contributed by atoms with E-state index in [4.69, 9.17) is 0 Å². The zero-order chi connectivity index (χ0) is 11.4. The molecule has 0 saturated heterocycles. The third-order valence-corrected chi connectivity index (χ3v) is 4.35. The van der Waals surface area contributed by atoms with Gasteiger partial charge in [-0.25, -0.2) is 0 Å². The Kier molecular flexibility index (Phi) is 5.06. The number of hydrogen-bond donors (Lipinski definition) is 2. The summed E-state index contributed by atoms with van der Waals surface area (Å²) in [5.74, 6) is 0.380. The van der Waals surface area contributed by atoms with Crippen LogP contribution in [-0.2, 0) is 4.79 Å². The first-order valence-electron chi connectivity index (χ1n) is 5.63. The molecule has 1 atom stereocenters. The molecule has 0 spiro atoms. The summed E-state index contributed by atoms with van der Waals surface area (Å²) in [6, 6.07) is 0.250. The number of carbonyl (C=O) groups excluding carboxylic acids is 1. The van der Waals surface area contributed by atoms with E-state index >= 15 is 0 Å². The normalized spacial score (nSPS) is 28.9. The van der Waals surface area contributed by atoms with Gasteiger partial charge in [0.2, 0.25) is 5.91 Å². The number of halogens is 1. The molecule has 0 aromatic heterocycles. The number of rotatable bonds is 3. The predicted octanol–water partition coefficient (Wildman–Crippen LogP) is 1.83. The second kappa shape index (κ2) is 5.85. The van der Waals surface area contributed by atoms with E-state index in [1.54, 1.807) is 0 Å². The minimum absolute atomic E-state index is 0.0754. The Bertz CT molecular complexity index is 213. The lowest BCUT2D eigenvalue weighted by Gasteiger charge is -2.27. The third kappa shape index (κ3) is 4.11. The molecule has 0 heterocycles. The molecule has 0 aromatic rings. The van der Waals surface area contributed by atoms with Gasteiger partial charge in [-0.1, -0.05) is 29.8 Å². The zero-order valence-corrected chi connectivity index (χ0v) is 11.0. The van der Waals surface area contributed by atoms with Crippen molar-refractivity contribution in [3.63, 3.8) is 0 Å². The van der Waals surface area contributed by atoms with Crippen LogP contribution in [0, 0.1) is 5.92 Å². The molecule has 1 fully saturated rings. The fourth-order valence-corrected chi connectivity index (χ4v) is 1.94. The maximum atomic E-state index is 11.7. The SMILES string of the molecule is CC(C)C(Br)C(=O)NC1CCC(O)CC1. The van der Waals surface area contributed by atoms with Crippen molar-refractivity contribution < 1.29 is 9.90 Å². The number of aliphatic hydroxyl groups is 1. The lowest BCUT2D eigenvalue weighted by Crippen LogP contribution is -2.43. The average Bonchev–Trinajstić information content (AvgIpc) is 2.20. The summed E-state index contributed by atoms with van der Waals surface area (Å²) in [5, 5.41) is 12.4. The molecule has 0 aromatic carbocycles. The Hall–Kier alpha value is -0.0900. The first-order chi connectivity index (χ1) is 7.00. The molecule has 1 saturated carbocycles. The fraction of sp³-hybridized carbons (Fsp3) is 0.909. The van der Waals surface area contributed by atoms with Gasteiger partial charge in [-0.3, -0.25) is 4.79 Å². The number of alkyl halides is 1. The van der Waals surface area contributed by atoms with E-state index < -0.39 is 0 Å². The quantitative estimate of drug-likeness (QED) is 0.774. The highest BCUT2D eigenvalue weighted by Crippen LogP contribution is 2.19. The van der Waals surface area contributed by atoms with Gasteiger partial charge in [-0.15, -0.1) is 0 Å². The summed E-state index contributed by atoms with van der Waals surface area (Å²) in [6.07, 6.45) is 3.23. The summed E-state index contributed by atoms with van der Waals surface area (Å²) in [6.45, 7) is 4.03. The monoisotopic (exact) mass is 277 g/mol. The standard InChI is InChI=1S/C11H20BrNO2/c1-7(2)10(12)11(15)13-8-3-5-9(14)6-4-8/h7-10,14H,3-6H2,1-2H3,(H,13,15). The Labute approximate surface area is 99.8 Å². The minimum atomic E-state index is -0.164. The first kappa shape index (κ1) is 13.0. The van der Waals surface area contributed by atoms with E-state index in [2.05, 4.69) is 21.2 Å². The summed E-state index contributed by atoms with van der Waals surface area (Å²) in [5.41, 5.74) is 0. The second-order valence-electron chi connectivity index (χ2n) is 4.66. The van der Waals surface area contributed by atoms with Crippen molar-refractivity contribution >= 4 is 21.8 Å².